The average Bonchev–Trinajstić information content (AvgIpc) is 3.35. The molecule has 4 aromatic rings. The molecule has 0 bridgehead atoms. The second-order valence-corrected chi connectivity index (χ2v) is 5.53. The van der Waals surface area contributed by atoms with Gasteiger partial charge in [0, 0.05) is 12.4 Å². The maximum Gasteiger partial charge on any atom is 0.343 e. The molecule has 0 aliphatic carbocycles. The predicted octanol–water partition coefficient (Wildman–Crippen LogP) is 1.85. The minimum Gasteiger partial charge on any atom is -0.465 e. The number of nitrogens with zero attached hydrogens (tertiary/aromatic N) is 9. The van der Waals surface area contributed by atoms with Crippen molar-refractivity contribution in [2.45, 2.75) is 13.8 Å². The summed E-state index contributed by atoms with van der Waals surface area (Å²) in [5, 5.41) is 23.8. The second-order valence-electron chi connectivity index (χ2n) is 5.53. The fourth-order valence-corrected chi connectivity index (χ4v) is 2.49. The van der Waals surface area contributed by atoms with Gasteiger partial charge in [-0.05, 0) is 19.9 Å². The molecule has 0 amide bonds. The first-order chi connectivity index (χ1) is 13.1. The van der Waals surface area contributed by atoms with Crippen molar-refractivity contribution in [2.24, 2.45) is 10.2 Å². The zero-order valence-electron chi connectivity index (χ0n) is 14.7. The highest BCUT2D eigenvalue weighted by atomic mass is 16.5. The monoisotopic (exact) mass is 366 g/mol. The van der Waals surface area contributed by atoms with Gasteiger partial charge in [-0.2, -0.15) is 9.78 Å². The number of aromatic nitrogens is 8. The maximum absolute atomic E-state index is 12.1. The van der Waals surface area contributed by atoms with Crippen molar-refractivity contribution in [3.8, 4) is 5.95 Å². The normalized spacial score (nSPS) is 11.5. The third-order valence-electron chi connectivity index (χ3n) is 3.81. The van der Waals surface area contributed by atoms with Crippen molar-refractivity contribution in [1.82, 2.24) is 39.6 Å². The summed E-state index contributed by atoms with van der Waals surface area (Å²) in [6.45, 7) is 3.65. The van der Waals surface area contributed by atoms with E-state index in [-0.39, 0.29) is 17.3 Å². The van der Waals surface area contributed by atoms with Gasteiger partial charge in [0.05, 0.1) is 19.0 Å². The van der Waals surface area contributed by atoms with E-state index in [1.807, 2.05) is 13.8 Å². The van der Waals surface area contributed by atoms with Crippen LogP contribution in [0.15, 0.2) is 34.9 Å². The zero-order valence-corrected chi connectivity index (χ0v) is 14.7. The zero-order chi connectivity index (χ0) is 19.0. The number of rotatable bonds is 4. The summed E-state index contributed by atoms with van der Waals surface area (Å²) in [5.74, 6) is 0.479. The van der Waals surface area contributed by atoms with Gasteiger partial charge in [-0.3, -0.25) is 5.10 Å². The van der Waals surface area contributed by atoms with Gasteiger partial charge in [0.1, 0.15) is 11.4 Å². The number of azo groups is 1. The van der Waals surface area contributed by atoms with E-state index in [4.69, 9.17) is 4.74 Å². The number of hydrogen-bond acceptors (Lipinski definition) is 9. The number of ether oxygens (including phenoxy) is 1. The van der Waals surface area contributed by atoms with Gasteiger partial charge in [0.15, 0.2) is 11.5 Å². The van der Waals surface area contributed by atoms with Crippen LogP contribution in [0.4, 0.5) is 11.5 Å². The van der Waals surface area contributed by atoms with Crippen LogP contribution in [-0.4, -0.2) is 52.6 Å². The van der Waals surface area contributed by atoms with Crippen LogP contribution < -0.4 is 0 Å². The highest BCUT2D eigenvalue weighted by Gasteiger charge is 2.21. The lowest BCUT2D eigenvalue weighted by Crippen LogP contribution is -2.03. The summed E-state index contributed by atoms with van der Waals surface area (Å²) in [5.41, 5.74) is 1.90. The van der Waals surface area contributed by atoms with Crippen molar-refractivity contribution in [1.29, 1.82) is 0 Å². The van der Waals surface area contributed by atoms with Gasteiger partial charge in [0.2, 0.25) is 5.65 Å². The molecule has 0 atom stereocenters. The van der Waals surface area contributed by atoms with Crippen molar-refractivity contribution in [3.05, 3.63) is 41.7 Å². The minimum atomic E-state index is -0.597. The SMILES string of the molecule is COC(=O)c1cnn(-c2ncccn2)c1N=Nc1c(C)[nH]n2c(C)nnc12. The summed E-state index contributed by atoms with van der Waals surface area (Å²) in [6, 6.07) is 1.67. The van der Waals surface area contributed by atoms with E-state index in [0.29, 0.717) is 17.2 Å². The number of carbonyl (C=O) groups excluding carboxylic acids is 1. The molecule has 0 aliphatic rings. The molecule has 27 heavy (non-hydrogen) atoms. The highest BCUT2D eigenvalue weighted by Crippen LogP contribution is 2.28. The molecule has 0 aromatic carbocycles. The van der Waals surface area contributed by atoms with Crippen molar-refractivity contribution in [2.75, 3.05) is 7.11 Å². The smallest absolute Gasteiger partial charge is 0.343 e. The summed E-state index contributed by atoms with van der Waals surface area (Å²) < 4.78 is 7.80. The standard InChI is InChI=1S/C15H14N10O2/c1-8-11(13-22-19-9(2)24(13)23-8)20-21-12-10(14(26)27-3)7-18-25(12)15-16-5-4-6-17-15/h4-7,23H,1-3H3. The van der Waals surface area contributed by atoms with Crippen LogP contribution in [0, 0.1) is 13.8 Å². The molecule has 4 aromatic heterocycles. The van der Waals surface area contributed by atoms with Crippen LogP contribution in [0.1, 0.15) is 21.9 Å². The number of hydrogen-bond donors (Lipinski definition) is 1. The number of carbonyl (C=O) groups is 1. The van der Waals surface area contributed by atoms with Crippen LogP contribution in [0.2, 0.25) is 0 Å². The fourth-order valence-electron chi connectivity index (χ4n) is 2.49. The summed E-state index contributed by atoms with van der Waals surface area (Å²) >= 11 is 0. The first-order valence-corrected chi connectivity index (χ1v) is 7.86. The quantitative estimate of drug-likeness (QED) is 0.429. The predicted molar refractivity (Wildman–Crippen MR) is 91.5 cm³/mol. The Hall–Kier alpha value is -3.96. The minimum absolute atomic E-state index is 0.135. The van der Waals surface area contributed by atoms with Crippen LogP contribution in [-0.2, 0) is 4.74 Å². The Morgan fingerprint density at radius 2 is 1.96 bits per heavy atom. The van der Waals surface area contributed by atoms with Gasteiger partial charge in [-0.1, -0.05) is 0 Å². The van der Waals surface area contributed by atoms with Gasteiger partial charge in [-0.25, -0.2) is 19.3 Å². The molecule has 0 fully saturated rings. The number of aromatic amines is 1. The maximum atomic E-state index is 12.1. The molecule has 0 saturated heterocycles. The molecule has 12 nitrogen and oxygen atoms in total. The Labute approximate surface area is 151 Å². The first-order valence-electron chi connectivity index (χ1n) is 7.86. The molecule has 0 saturated carbocycles. The first kappa shape index (κ1) is 16.5. The van der Waals surface area contributed by atoms with Crippen LogP contribution >= 0.6 is 0 Å². The van der Waals surface area contributed by atoms with E-state index in [1.54, 1.807) is 23.0 Å². The van der Waals surface area contributed by atoms with E-state index >= 15 is 0 Å². The van der Waals surface area contributed by atoms with Crippen LogP contribution in [0.5, 0.6) is 0 Å². The lowest BCUT2D eigenvalue weighted by Gasteiger charge is -2.02. The number of H-pyrrole nitrogens is 1. The number of aryl methyl sites for hydroxylation is 2. The molecule has 4 heterocycles. The molecule has 0 aliphatic heterocycles. The molecule has 12 heteroatoms. The summed E-state index contributed by atoms with van der Waals surface area (Å²) in [4.78, 5) is 20.3. The van der Waals surface area contributed by atoms with E-state index in [0.717, 1.165) is 5.69 Å². The number of esters is 1. The Balaban J connectivity index is 1.84. The molecular weight excluding hydrogens is 352 g/mol. The average molecular weight is 366 g/mol. The van der Waals surface area contributed by atoms with Gasteiger partial charge in [-0.15, -0.1) is 20.4 Å². The van der Waals surface area contributed by atoms with E-state index in [1.165, 1.54) is 18.0 Å². The number of methoxy groups -OCH3 is 1. The third kappa shape index (κ3) is 2.72. The molecule has 0 unspecified atom stereocenters. The Bertz CT molecular complexity index is 1150. The Morgan fingerprint density at radius 1 is 1.19 bits per heavy atom. The van der Waals surface area contributed by atoms with E-state index in [9.17, 15) is 4.79 Å². The third-order valence-corrected chi connectivity index (χ3v) is 3.81. The second kappa shape index (κ2) is 6.40. The lowest BCUT2D eigenvalue weighted by molar-refractivity contribution is 0.0601. The summed E-state index contributed by atoms with van der Waals surface area (Å²) in [7, 11) is 1.28. The van der Waals surface area contributed by atoms with E-state index in [2.05, 4.69) is 40.6 Å². The van der Waals surface area contributed by atoms with Crippen LogP contribution in [0.3, 0.4) is 0 Å². The molecule has 0 spiro atoms. The van der Waals surface area contributed by atoms with Gasteiger partial charge >= 0.3 is 5.97 Å². The summed E-state index contributed by atoms with van der Waals surface area (Å²) in [6.07, 6.45) is 4.44. The van der Waals surface area contributed by atoms with Gasteiger partial charge < -0.3 is 4.74 Å². The molecule has 1 N–H and O–H groups in total. The molecule has 4 rings (SSSR count). The van der Waals surface area contributed by atoms with Crippen molar-refractivity contribution >= 4 is 23.1 Å². The lowest BCUT2D eigenvalue weighted by atomic mass is 10.3. The molecular formula is C15H14N10O2. The largest absolute Gasteiger partial charge is 0.465 e. The van der Waals surface area contributed by atoms with Crippen molar-refractivity contribution in [3.63, 3.8) is 0 Å². The number of nitrogens with one attached hydrogen (secondary N) is 1. The van der Waals surface area contributed by atoms with Crippen molar-refractivity contribution < 1.29 is 9.53 Å². The molecule has 136 valence electrons. The van der Waals surface area contributed by atoms with Gasteiger partial charge in [0.25, 0.3) is 5.95 Å². The highest BCUT2D eigenvalue weighted by molar-refractivity contribution is 5.94. The van der Waals surface area contributed by atoms with Crippen LogP contribution in [0.25, 0.3) is 11.6 Å². The topological polar surface area (TPSA) is 141 Å². The number of fused-ring (bicyclic) bond motifs is 1. The Morgan fingerprint density at radius 3 is 2.70 bits per heavy atom. The fraction of sp³-hybridized carbons (Fsp3) is 0.200. The molecule has 0 radical (unpaired) electrons. The van der Waals surface area contributed by atoms with E-state index < -0.39 is 5.97 Å². The Kier molecular flexibility index (Phi) is 3.91.